The van der Waals surface area contributed by atoms with Crippen molar-refractivity contribution >= 4 is 11.8 Å². The quantitative estimate of drug-likeness (QED) is 0.774. The van der Waals surface area contributed by atoms with E-state index in [1.165, 1.54) is 37.7 Å². The zero-order valence-electron chi connectivity index (χ0n) is 16.2. The van der Waals surface area contributed by atoms with E-state index in [1.807, 2.05) is 6.07 Å². The van der Waals surface area contributed by atoms with Gasteiger partial charge in [-0.1, -0.05) is 49.6 Å². The van der Waals surface area contributed by atoms with Crippen LogP contribution in [-0.2, 0) is 9.59 Å². The maximum absolute atomic E-state index is 12.8. The summed E-state index contributed by atoms with van der Waals surface area (Å²) in [7, 11) is 0. The van der Waals surface area contributed by atoms with Crippen LogP contribution < -0.4 is 11.1 Å². The van der Waals surface area contributed by atoms with Gasteiger partial charge in [-0.2, -0.15) is 0 Å². The Kier molecular flexibility index (Phi) is 7.27. The van der Waals surface area contributed by atoms with Crippen molar-refractivity contribution in [3.63, 3.8) is 0 Å². The zero-order valence-corrected chi connectivity index (χ0v) is 16.2. The second-order valence-electron chi connectivity index (χ2n) is 8.24. The highest BCUT2D eigenvalue weighted by Crippen LogP contribution is 2.34. The van der Waals surface area contributed by atoms with Crippen LogP contribution in [0.25, 0.3) is 0 Å². The molecule has 1 aliphatic carbocycles. The van der Waals surface area contributed by atoms with Gasteiger partial charge in [-0.3, -0.25) is 14.5 Å². The lowest BCUT2D eigenvalue weighted by molar-refractivity contribution is -0.124. The number of nitrogens with zero attached hydrogens (tertiary/aromatic N) is 1. The van der Waals surface area contributed by atoms with Crippen LogP contribution in [0.1, 0.15) is 63.0 Å². The number of carbonyl (C=O) groups excluding carboxylic acids is 2. The Morgan fingerprint density at radius 2 is 1.70 bits per heavy atom. The first-order chi connectivity index (χ1) is 13.1. The molecule has 1 aromatic carbocycles. The molecule has 5 nitrogen and oxygen atoms in total. The molecule has 1 saturated heterocycles. The number of carbonyl (C=O) groups is 2. The van der Waals surface area contributed by atoms with Crippen LogP contribution >= 0.6 is 0 Å². The van der Waals surface area contributed by atoms with E-state index < -0.39 is 0 Å². The lowest BCUT2D eigenvalue weighted by Crippen LogP contribution is -2.44. The minimum Gasteiger partial charge on any atom is -0.370 e. The molecule has 1 saturated carbocycles. The average molecular weight is 372 g/mol. The van der Waals surface area contributed by atoms with Crippen molar-refractivity contribution in [1.82, 2.24) is 10.2 Å². The predicted molar refractivity (Wildman–Crippen MR) is 107 cm³/mol. The highest BCUT2D eigenvalue weighted by molar-refractivity contribution is 5.78. The lowest BCUT2D eigenvalue weighted by atomic mass is 9.81. The van der Waals surface area contributed by atoms with Gasteiger partial charge in [0.1, 0.15) is 0 Å². The van der Waals surface area contributed by atoms with Crippen LogP contribution in [0.4, 0.5) is 0 Å². The first-order valence-corrected chi connectivity index (χ1v) is 10.5. The maximum atomic E-state index is 12.8. The molecule has 2 aliphatic rings. The molecule has 27 heavy (non-hydrogen) atoms. The first kappa shape index (κ1) is 19.9. The molecule has 0 bridgehead atoms. The van der Waals surface area contributed by atoms with Crippen LogP contribution in [0.15, 0.2) is 30.3 Å². The Morgan fingerprint density at radius 1 is 1.04 bits per heavy atom. The third-order valence-corrected chi connectivity index (χ3v) is 6.16. The third kappa shape index (κ3) is 6.06. The van der Waals surface area contributed by atoms with Crippen molar-refractivity contribution in [2.24, 2.45) is 17.6 Å². The van der Waals surface area contributed by atoms with E-state index in [4.69, 9.17) is 5.73 Å². The van der Waals surface area contributed by atoms with Gasteiger partial charge < -0.3 is 11.1 Å². The highest BCUT2D eigenvalue weighted by Gasteiger charge is 2.28. The topological polar surface area (TPSA) is 75.4 Å². The molecule has 1 heterocycles. The van der Waals surface area contributed by atoms with Gasteiger partial charge in [-0.15, -0.1) is 0 Å². The molecule has 0 spiro atoms. The number of amides is 2. The molecule has 2 fully saturated rings. The van der Waals surface area contributed by atoms with E-state index in [0.29, 0.717) is 24.8 Å². The molecule has 2 amide bonds. The Labute approximate surface area is 162 Å². The first-order valence-electron chi connectivity index (χ1n) is 10.5. The molecule has 0 aromatic heterocycles. The van der Waals surface area contributed by atoms with Gasteiger partial charge in [-0.25, -0.2) is 0 Å². The number of piperidine rings is 1. The van der Waals surface area contributed by atoms with E-state index in [2.05, 4.69) is 34.5 Å². The molecule has 5 heteroatoms. The Balaban J connectivity index is 1.54. The molecule has 0 radical (unpaired) electrons. The fourth-order valence-electron chi connectivity index (χ4n) is 4.66. The summed E-state index contributed by atoms with van der Waals surface area (Å²) >= 11 is 0. The Bertz CT molecular complexity index is 605. The second-order valence-corrected chi connectivity index (χ2v) is 8.24. The van der Waals surface area contributed by atoms with Gasteiger partial charge in [0.05, 0.1) is 12.6 Å². The monoisotopic (exact) mass is 371 g/mol. The van der Waals surface area contributed by atoms with Crippen molar-refractivity contribution in [2.75, 3.05) is 19.6 Å². The minimum absolute atomic E-state index is 0.114. The highest BCUT2D eigenvalue weighted by atomic mass is 16.2. The summed E-state index contributed by atoms with van der Waals surface area (Å²) in [6, 6.07) is 10.5. The Hall–Kier alpha value is -1.88. The smallest absolute Gasteiger partial charge is 0.234 e. The molecule has 0 unspecified atom stereocenters. The fourth-order valence-corrected chi connectivity index (χ4v) is 4.66. The zero-order chi connectivity index (χ0) is 19.1. The molecule has 1 atom stereocenters. The van der Waals surface area contributed by atoms with Gasteiger partial charge in [0.15, 0.2) is 0 Å². The van der Waals surface area contributed by atoms with E-state index >= 15 is 0 Å². The van der Waals surface area contributed by atoms with Gasteiger partial charge >= 0.3 is 0 Å². The van der Waals surface area contributed by atoms with Crippen LogP contribution in [0.3, 0.4) is 0 Å². The summed E-state index contributed by atoms with van der Waals surface area (Å²) in [5, 5.41) is 3.34. The Morgan fingerprint density at radius 3 is 2.33 bits per heavy atom. The molecule has 1 aliphatic heterocycles. The molecule has 3 N–H and O–H groups in total. The number of nitrogens with two attached hydrogens (primary N) is 1. The van der Waals surface area contributed by atoms with Gasteiger partial charge in [-0.05, 0) is 56.2 Å². The van der Waals surface area contributed by atoms with Gasteiger partial charge in [0.2, 0.25) is 11.8 Å². The molecular weight excluding hydrogens is 338 g/mol. The summed E-state index contributed by atoms with van der Waals surface area (Å²) in [4.78, 5) is 26.1. The number of benzene rings is 1. The minimum atomic E-state index is -0.218. The SMILES string of the molecule is NC(=O)CC1CCN(CC(=O)N[C@@H](c2ccccc2)C2CCCCC2)CC1. The number of hydrogen-bond acceptors (Lipinski definition) is 3. The van der Waals surface area contributed by atoms with E-state index in [1.54, 1.807) is 0 Å². The number of rotatable bonds is 7. The number of primary amides is 1. The largest absolute Gasteiger partial charge is 0.370 e. The number of hydrogen-bond donors (Lipinski definition) is 2. The molecule has 3 rings (SSSR count). The average Bonchev–Trinajstić information content (AvgIpc) is 2.69. The standard InChI is InChI=1S/C22H33N3O2/c23-20(26)15-17-11-13-25(14-12-17)16-21(27)24-22(18-7-3-1-4-8-18)19-9-5-2-6-10-19/h1,3-4,7-8,17,19,22H,2,5-6,9-16H2,(H2,23,26)(H,24,27)/t22-/m0/s1. The normalized spacial score (nSPS) is 20.9. The van der Waals surface area contributed by atoms with E-state index in [-0.39, 0.29) is 17.9 Å². The summed E-state index contributed by atoms with van der Waals surface area (Å²) in [6.07, 6.45) is 8.58. The van der Waals surface area contributed by atoms with Crippen molar-refractivity contribution in [2.45, 2.75) is 57.4 Å². The summed E-state index contributed by atoms with van der Waals surface area (Å²) < 4.78 is 0. The van der Waals surface area contributed by atoms with Crippen LogP contribution in [0.5, 0.6) is 0 Å². The second kappa shape index (κ2) is 9.88. The van der Waals surface area contributed by atoms with Gasteiger partial charge in [0.25, 0.3) is 0 Å². The van der Waals surface area contributed by atoms with Gasteiger partial charge in [0, 0.05) is 6.42 Å². The molecule has 148 valence electrons. The van der Waals surface area contributed by atoms with E-state index in [9.17, 15) is 9.59 Å². The van der Waals surface area contributed by atoms with Crippen molar-refractivity contribution < 1.29 is 9.59 Å². The third-order valence-electron chi connectivity index (χ3n) is 6.16. The molecule has 1 aromatic rings. The summed E-state index contributed by atoms with van der Waals surface area (Å²) in [5.74, 6) is 0.805. The predicted octanol–water partition coefficient (Wildman–Crippen LogP) is 3.01. The van der Waals surface area contributed by atoms with Crippen molar-refractivity contribution in [1.29, 1.82) is 0 Å². The van der Waals surface area contributed by atoms with Crippen LogP contribution in [0.2, 0.25) is 0 Å². The lowest BCUT2D eigenvalue weighted by Gasteiger charge is -2.34. The van der Waals surface area contributed by atoms with Crippen LogP contribution in [0, 0.1) is 11.8 Å². The van der Waals surface area contributed by atoms with E-state index in [0.717, 1.165) is 25.9 Å². The number of likely N-dealkylation sites (tertiary alicyclic amines) is 1. The van der Waals surface area contributed by atoms with Crippen molar-refractivity contribution in [3.8, 4) is 0 Å². The summed E-state index contributed by atoms with van der Waals surface area (Å²) in [5.41, 5.74) is 6.52. The van der Waals surface area contributed by atoms with Crippen LogP contribution in [-0.4, -0.2) is 36.3 Å². The molecular formula is C22H33N3O2. The maximum Gasteiger partial charge on any atom is 0.234 e. The van der Waals surface area contributed by atoms with Crippen molar-refractivity contribution in [3.05, 3.63) is 35.9 Å². The summed E-state index contributed by atoms with van der Waals surface area (Å²) in [6.45, 7) is 2.18. The number of nitrogens with one attached hydrogen (secondary N) is 1. The fraction of sp³-hybridized carbons (Fsp3) is 0.636.